The minimum atomic E-state index is 0.679. The molecule has 0 spiro atoms. The summed E-state index contributed by atoms with van der Waals surface area (Å²) < 4.78 is 1.08. The summed E-state index contributed by atoms with van der Waals surface area (Å²) in [5.74, 6) is 0.679. The first-order chi connectivity index (χ1) is 7.11. The molecule has 1 rings (SSSR count). The first kappa shape index (κ1) is 12.6. The molecule has 1 aromatic carbocycles. The number of allylic oxidation sites excluding steroid dienone is 1. The van der Waals surface area contributed by atoms with Crippen LogP contribution in [0.1, 0.15) is 18.4 Å². The summed E-state index contributed by atoms with van der Waals surface area (Å²) in [5, 5.41) is 3.28. The fourth-order valence-corrected chi connectivity index (χ4v) is 2.10. The Morgan fingerprint density at radius 3 is 2.80 bits per heavy atom. The second-order valence-electron chi connectivity index (χ2n) is 3.54. The van der Waals surface area contributed by atoms with Crippen LogP contribution in [0.3, 0.4) is 0 Å². The first-order valence-corrected chi connectivity index (χ1v) is 6.22. The second-order valence-corrected chi connectivity index (χ2v) is 4.83. The van der Waals surface area contributed by atoms with Crippen molar-refractivity contribution in [2.45, 2.75) is 19.8 Å². The van der Waals surface area contributed by atoms with Crippen molar-refractivity contribution in [3.05, 3.63) is 40.5 Å². The predicted octanol–water partition coefficient (Wildman–Crippen LogP) is 4.70. The predicted molar refractivity (Wildman–Crippen MR) is 71.6 cm³/mol. The van der Waals surface area contributed by atoms with Crippen LogP contribution < -0.4 is 5.32 Å². The zero-order valence-electron chi connectivity index (χ0n) is 8.82. The molecule has 0 aliphatic carbocycles. The van der Waals surface area contributed by atoms with Crippen molar-refractivity contribution >= 4 is 33.2 Å². The molecule has 1 N–H and O–H groups in total. The van der Waals surface area contributed by atoms with Crippen LogP contribution in [0.15, 0.2) is 34.9 Å². The van der Waals surface area contributed by atoms with Crippen LogP contribution in [0.25, 0.3) is 0 Å². The fourth-order valence-electron chi connectivity index (χ4n) is 1.36. The highest BCUT2D eigenvalue weighted by Crippen LogP contribution is 2.20. The Morgan fingerprint density at radius 1 is 1.47 bits per heavy atom. The monoisotopic (exact) mass is 287 g/mol. The third-order valence-corrected chi connectivity index (χ3v) is 2.70. The van der Waals surface area contributed by atoms with Gasteiger partial charge in [-0.1, -0.05) is 22.5 Å². The molecular formula is C12H15BrClN. The zero-order valence-corrected chi connectivity index (χ0v) is 11.2. The third kappa shape index (κ3) is 4.72. The molecule has 0 aliphatic heterocycles. The maximum absolute atomic E-state index is 5.62. The van der Waals surface area contributed by atoms with Gasteiger partial charge in [0.05, 0.1) is 0 Å². The molecule has 0 bridgehead atoms. The van der Waals surface area contributed by atoms with Gasteiger partial charge in [0.25, 0.3) is 0 Å². The normalized spacial score (nSPS) is 10.1. The largest absolute Gasteiger partial charge is 0.359 e. The van der Waals surface area contributed by atoms with Crippen molar-refractivity contribution in [2.24, 2.45) is 0 Å². The molecule has 0 aromatic heterocycles. The molecule has 3 heteroatoms. The standard InChI is InChI=1S/C12H15BrClN/c1-9-6-11(13)8-12(7-9)15-10(2)4-3-5-14/h6-8,15H,2-5H2,1H3. The van der Waals surface area contributed by atoms with Crippen molar-refractivity contribution in [2.75, 3.05) is 11.2 Å². The van der Waals surface area contributed by atoms with Crippen molar-refractivity contribution in [3.8, 4) is 0 Å². The highest BCUT2D eigenvalue weighted by molar-refractivity contribution is 9.10. The van der Waals surface area contributed by atoms with E-state index in [1.54, 1.807) is 0 Å². The molecule has 82 valence electrons. The lowest BCUT2D eigenvalue weighted by atomic mass is 10.2. The van der Waals surface area contributed by atoms with Gasteiger partial charge in [-0.2, -0.15) is 0 Å². The molecular weight excluding hydrogens is 273 g/mol. The quantitative estimate of drug-likeness (QED) is 0.774. The zero-order chi connectivity index (χ0) is 11.3. The molecule has 0 saturated carbocycles. The number of rotatable bonds is 5. The summed E-state index contributed by atoms with van der Waals surface area (Å²) in [5.41, 5.74) is 3.30. The van der Waals surface area contributed by atoms with E-state index in [0.29, 0.717) is 5.88 Å². The van der Waals surface area contributed by atoms with Crippen LogP contribution in [0, 0.1) is 6.92 Å². The van der Waals surface area contributed by atoms with Gasteiger partial charge in [0, 0.05) is 21.7 Å². The maximum Gasteiger partial charge on any atom is 0.0395 e. The van der Waals surface area contributed by atoms with Gasteiger partial charge in [0.15, 0.2) is 0 Å². The number of nitrogens with one attached hydrogen (secondary N) is 1. The first-order valence-electron chi connectivity index (χ1n) is 4.90. The van der Waals surface area contributed by atoms with Gasteiger partial charge in [-0.15, -0.1) is 11.6 Å². The third-order valence-electron chi connectivity index (χ3n) is 1.98. The summed E-state index contributed by atoms with van der Waals surface area (Å²) in [7, 11) is 0. The maximum atomic E-state index is 5.62. The lowest BCUT2D eigenvalue weighted by Crippen LogP contribution is -1.98. The molecule has 0 aliphatic rings. The Balaban J connectivity index is 2.60. The van der Waals surface area contributed by atoms with Gasteiger partial charge in [0.2, 0.25) is 0 Å². The smallest absolute Gasteiger partial charge is 0.0395 e. The van der Waals surface area contributed by atoms with Gasteiger partial charge in [-0.05, 0) is 43.5 Å². The Labute approximate surface area is 105 Å². The summed E-state index contributed by atoms with van der Waals surface area (Å²) >= 11 is 9.09. The van der Waals surface area contributed by atoms with Gasteiger partial charge in [-0.3, -0.25) is 0 Å². The second kappa shape index (κ2) is 6.19. The van der Waals surface area contributed by atoms with Gasteiger partial charge in [-0.25, -0.2) is 0 Å². The van der Waals surface area contributed by atoms with E-state index < -0.39 is 0 Å². The highest BCUT2D eigenvalue weighted by Gasteiger charge is 1.98. The topological polar surface area (TPSA) is 12.0 Å². The number of anilines is 1. The van der Waals surface area contributed by atoms with Gasteiger partial charge in [0.1, 0.15) is 0 Å². The van der Waals surface area contributed by atoms with E-state index in [9.17, 15) is 0 Å². The van der Waals surface area contributed by atoms with Crippen molar-refractivity contribution in [1.82, 2.24) is 0 Å². The fraction of sp³-hybridized carbons (Fsp3) is 0.333. The molecule has 1 aromatic rings. The lowest BCUT2D eigenvalue weighted by Gasteiger charge is -2.10. The van der Waals surface area contributed by atoms with Crippen LogP contribution in [-0.2, 0) is 0 Å². The Hall–Kier alpha value is -0.470. The summed E-state index contributed by atoms with van der Waals surface area (Å²) in [6.07, 6.45) is 1.87. The van der Waals surface area contributed by atoms with E-state index in [0.717, 1.165) is 28.7 Å². The lowest BCUT2D eigenvalue weighted by molar-refractivity contribution is 0.920. The number of hydrogen-bond donors (Lipinski definition) is 1. The number of benzene rings is 1. The summed E-state index contributed by atoms with van der Waals surface area (Å²) in [6.45, 7) is 6.03. The molecule has 0 fully saturated rings. The van der Waals surface area contributed by atoms with Crippen molar-refractivity contribution in [3.63, 3.8) is 0 Å². The van der Waals surface area contributed by atoms with Crippen LogP contribution >= 0.6 is 27.5 Å². The number of alkyl halides is 1. The van der Waals surface area contributed by atoms with E-state index in [1.807, 2.05) is 6.07 Å². The average molecular weight is 289 g/mol. The average Bonchev–Trinajstić information content (AvgIpc) is 2.13. The SMILES string of the molecule is C=C(CCCCl)Nc1cc(C)cc(Br)c1. The Bertz CT molecular complexity index is 329. The number of aryl methyl sites for hydroxylation is 1. The molecule has 0 amide bonds. The van der Waals surface area contributed by atoms with E-state index >= 15 is 0 Å². The van der Waals surface area contributed by atoms with E-state index in [1.165, 1.54) is 5.56 Å². The molecule has 0 heterocycles. The van der Waals surface area contributed by atoms with Crippen LogP contribution in [0.5, 0.6) is 0 Å². The van der Waals surface area contributed by atoms with Crippen LogP contribution in [0.2, 0.25) is 0 Å². The van der Waals surface area contributed by atoms with E-state index in [-0.39, 0.29) is 0 Å². The van der Waals surface area contributed by atoms with Crippen LogP contribution in [-0.4, -0.2) is 5.88 Å². The minimum Gasteiger partial charge on any atom is -0.359 e. The Morgan fingerprint density at radius 2 is 2.20 bits per heavy atom. The summed E-state index contributed by atoms with van der Waals surface area (Å²) in [4.78, 5) is 0. The van der Waals surface area contributed by atoms with Crippen LogP contribution in [0.4, 0.5) is 5.69 Å². The van der Waals surface area contributed by atoms with E-state index in [4.69, 9.17) is 11.6 Å². The Kier molecular flexibility index (Phi) is 5.20. The van der Waals surface area contributed by atoms with Gasteiger partial charge >= 0.3 is 0 Å². The molecule has 0 saturated heterocycles. The number of halogens is 2. The van der Waals surface area contributed by atoms with Crippen molar-refractivity contribution < 1.29 is 0 Å². The molecule has 0 radical (unpaired) electrons. The molecule has 1 nitrogen and oxygen atoms in total. The molecule has 0 atom stereocenters. The number of hydrogen-bond acceptors (Lipinski definition) is 1. The molecule has 15 heavy (non-hydrogen) atoms. The highest BCUT2D eigenvalue weighted by atomic mass is 79.9. The minimum absolute atomic E-state index is 0.679. The van der Waals surface area contributed by atoms with E-state index in [2.05, 4.69) is 46.9 Å². The summed E-state index contributed by atoms with van der Waals surface area (Å²) in [6, 6.07) is 6.21. The van der Waals surface area contributed by atoms with Gasteiger partial charge < -0.3 is 5.32 Å². The van der Waals surface area contributed by atoms with Crippen molar-refractivity contribution in [1.29, 1.82) is 0 Å². The molecule has 0 unspecified atom stereocenters.